The van der Waals surface area contributed by atoms with Gasteiger partial charge in [0, 0.05) is 30.6 Å². The average molecular weight is 379 g/mol. The van der Waals surface area contributed by atoms with E-state index >= 15 is 0 Å². The van der Waals surface area contributed by atoms with E-state index in [4.69, 9.17) is 4.74 Å². The lowest BCUT2D eigenvalue weighted by Crippen LogP contribution is -2.42. The molecule has 1 aromatic carbocycles. The zero-order chi connectivity index (χ0) is 19.3. The third-order valence-electron chi connectivity index (χ3n) is 5.23. The fraction of sp³-hybridized carbons (Fsp3) is 0.381. The van der Waals surface area contributed by atoms with Gasteiger partial charge in [0.1, 0.15) is 18.0 Å². The van der Waals surface area contributed by atoms with Crippen molar-refractivity contribution >= 4 is 22.5 Å². The SMILES string of the molecule is COc1cc(CNc2cc(N3CCCCC3CO)ncn2)c2ccccc2n1. The Kier molecular flexibility index (Phi) is 5.53. The number of hydrogen-bond donors (Lipinski definition) is 2. The number of methoxy groups -OCH3 is 1. The van der Waals surface area contributed by atoms with Gasteiger partial charge in [0.15, 0.2) is 0 Å². The van der Waals surface area contributed by atoms with Crippen LogP contribution in [0.15, 0.2) is 42.7 Å². The van der Waals surface area contributed by atoms with E-state index in [9.17, 15) is 5.11 Å². The number of anilines is 2. The van der Waals surface area contributed by atoms with E-state index < -0.39 is 0 Å². The number of aliphatic hydroxyl groups is 1. The van der Waals surface area contributed by atoms with Crippen molar-refractivity contribution in [2.45, 2.75) is 31.8 Å². The molecule has 2 N–H and O–H groups in total. The smallest absolute Gasteiger partial charge is 0.213 e. The van der Waals surface area contributed by atoms with Gasteiger partial charge in [-0.2, -0.15) is 0 Å². The molecule has 1 fully saturated rings. The molecule has 1 unspecified atom stereocenters. The first-order valence-electron chi connectivity index (χ1n) is 9.64. The number of aromatic nitrogens is 3. The molecule has 1 aliphatic rings. The van der Waals surface area contributed by atoms with Crippen molar-refractivity contribution in [3.05, 3.63) is 48.3 Å². The van der Waals surface area contributed by atoms with E-state index in [0.29, 0.717) is 12.4 Å². The molecule has 0 bridgehead atoms. The van der Waals surface area contributed by atoms with Crippen molar-refractivity contribution in [1.29, 1.82) is 0 Å². The zero-order valence-corrected chi connectivity index (χ0v) is 16.0. The first kappa shape index (κ1) is 18.4. The lowest BCUT2D eigenvalue weighted by Gasteiger charge is -2.35. The molecule has 7 nitrogen and oxygen atoms in total. The Bertz CT molecular complexity index is 949. The quantitative estimate of drug-likeness (QED) is 0.681. The molecule has 2 aromatic heterocycles. The summed E-state index contributed by atoms with van der Waals surface area (Å²) < 4.78 is 5.34. The number of benzene rings is 1. The minimum absolute atomic E-state index is 0.130. The maximum atomic E-state index is 9.68. The van der Waals surface area contributed by atoms with Crippen molar-refractivity contribution in [2.24, 2.45) is 0 Å². The first-order valence-corrected chi connectivity index (χ1v) is 9.64. The summed E-state index contributed by atoms with van der Waals surface area (Å²) in [5.41, 5.74) is 2.00. The third-order valence-corrected chi connectivity index (χ3v) is 5.23. The number of piperidine rings is 1. The van der Waals surface area contributed by atoms with Crippen LogP contribution < -0.4 is 15.0 Å². The summed E-state index contributed by atoms with van der Waals surface area (Å²) in [7, 11) is 1.63. The number of nitrogens with zero attached hydrogens (tertiary/aromatic N) is 4. The van der Waals surface area contributed by atoms with Gasteiger partial charge >= 0.3 is 0 Å². The van der Waals surface area contributed by atoms with Gasteiger partial charge in [-0.25, -0.2) is 15.0 Å². The number of hydrogen-bond acceptors (Lipinski definition) is 7. The Balaban J connectivity index is 1.55. The Morgan fingerprint density at radius 3 is 2.96 bits per heavy atom. The van der Waals surface area contributed by atoms with Crippen LogP contribution >= 0.6 is 0 Å². The second-order valence-electron chi connectivity index (χ2n) is 6.98. The highest BCUT2D eigenvalue weighted by molar-refractivity contribution is 5.83. The predicted octanol–water partition coefficient (Wildman–Crippen LogP) is 3.00. The normalized spacial score (nSPS) is 16.9. The highest BCUT2D eigenvalue weighted by Crippen LogP contribution is 2.25. The van der Waals surface area contributed by atoms with Crippen LogP contribution in [-0.4, -0.2) is 46.4 Å². The van der Waals surface area contributed by atoms with Gasteiger partial charge in [0.2, 0.25) is 5.88 Å². The van der Waals surface area contributed by atoms with E-state index in [2.05, 4.69) is 31.2 Å². The van der Waals surface area contributed by atoms with Crippen LogP contribution in [0.25, 0.3) is 10.9 Å². The number of nitrogens with one attached hydrogen (secondary N) is 1. The summed E-state index contributed by atoms with van der Waals surface area (Å²) in [4.78, 5) is 15.5. The number of ether oxygens (including phenoxy) is 1. The van der Waals surface area contributed by atoms with E-state index in [0.717, 1.165) is 53.9 Å². The summed E-state index contributed by atoms with van der Waals surface area (Å²) >= 11 is 0. The van der Waals surface area contributed by atoms with Crippen molar-refractivity contribution in [2.75, 3.05) is 30.5 Å². The maximum Gasteiger partial charge on any atom is 0.213 e. The highest BCUT2D eigenvalue weighted by atomic mass is 16.5. The second kappa shape index (κ2) is 8.39. The minimum Gasteiger partial charge on any atom is -0.481 e. The molecule has 3 heterocycles. The van der Waals surface area contributed by atoms with Crippen LogP contribution in [-0.2, 0) is 6.54 Å². The number of pyridine rings is 1. The third kappa shape index (κ3) is 3.84. The Hall–Kier alpha value is -2.93. The van der Waals surface area contributed by atoms with Gasteiger partial charge in [0.25, 0.3) is 0 Å². The summed E-state index contributed by atoms with van der Waals surface area (Å²) in [6, 6.07) is 12.1. The molecular formula is C21H25N5O2. The van der Waals surface area contributed by atoms with Gasteiger partial charge in [-0.05, 0) is 30.9 Å². The Labute approximate surface area is 164 Å². The minimum atomic E-state index is 0.130. The highest BCUT2D eigenvalue weighted by Gasteiger charge is 2.23. The van der Waals surface area contributed by atoms with Crippen molar-refractivity contribution < 1.29 is 9.84 Å². The Morgan fingerprint density at radius 2 is 2.11 bits per heavy atom. The number of fused-ring (bicyclic) bond motifs is 1. The van der Waals surface area contributed by atoms with E-state index in [1.54, 1.807) is 13.4 Å². The molecule has 1 aliphatic heterocycles. The van der Waals surface area contributed by atoms with Gasteiger partial charge in [-0.1, -0.05) is 18.2 Å². The van der Waals surface area contributed by atoms with E-state index in [-0.39, 0.29) is 12.6 Å². The van der Waals surface area contributed by atoms with Crippen molar-refractivity contribution in [3.63, 3.8) is 0 Å². The molecule has 1 atom stereocenters. The van der Waals surface area contributed by atoms with Crippen LogP contribution in [0, 0.1) is 0 Å². The summed E-state index contributed by atoms with van der Waals surface area (Å²) in [6.45, 7) is 1.66. The van der Waals surface area contributed by atoms with Crippen molar-refractivity contribution in [3.8, 4) is 5.88 Å². The van der Waals surface area contributed by atoms with E-state index in [1.807, 2.05) is 30.3 Å². The fourth-order valence-corrected chi connectivity index (χ4v) is 3.75. The molecule has 7 heteroatoms. The lowest BCUT2D eigenvalue weighted by atomic mass is 10.0. The van der Waals surface area contributed by atoms with E-state index in [1.165, 1.54) is 0 Å². The monoisotopic (exact) mass is 379 g/mol. The molecule has 0 aliphatic carbocycles. The summed E-state index contributed by atoms with van der Waals surface area (Å²) in [6.07, 6.45) is 4.83. The van der Waals surface area contributed by atoms with Crippen LogP contribution in [0.3, 0.4) is 0 Å². The molecular weight excluding hydrogens is 354 g/mol. The molecule has 0 saturated carbocycles. The summed E-state index contributed by atoms with van der Waals surface area (Å²) in [5, 5.41) is 14.2. The van der Waals surface area contributed by atoms with Gasteiger partial charge in [0.05, 0.1) is 25.3 Å². The molecule has 146 valence electrons. The van der Waals surface area contributed by atoms with Gasteiger partial charge < -0.3 is 20.1 Å². The predicted molar refractivity (Wildman–Crippen MR) is 110 cm³/mol. The van der Waals surface area contributed by atoms with Gasteiger partial charge in [-0.15, -0.1) is 0 Å². The molecule has 3 aromatic rings. The maximum absolute atomic E-state index is 9.68. The van der Waals surface area contributed by atoms with Crippen LogP contribution in [0.1, 0.15) is 24.8 Å². The van der Waals surface area contributed by atoms with Crippen molar-refractivity contribution in [1.82, 2.24) is 15.0 Å². The molecule has 1 saturated heterocycles. The molecule has 0 radical (unpaired) electrons. The van der Waals surface area contributed by atoms with Gasteiger partial charge in [-0.3, -0.25) is 0 Å². The fourth-order valence-electron chi connectivity index (χ4n) is 3.75. The zero-order valence-electron chi connectivity index (χ0n) is 16.0. The lowest BCUT2D eigenvalue weighted by molar-refractivity contribution is 0.239. The number of para-hydroxylation sites is 1. The van der Waals surface area contributed by atoms with Crippen LogP contribution in [0.4, 0.5) is 11.6 Å². The summed E-state index contributed by atoms with van der Waals surface area (Å²) in [5.74, 6) is 2.21. The molecule has 0 amide bonds. The Morgan fingerprint density at radius 1 is 1.21 bits per heavy atom. The average Bonchev–Trinajstić information content (AvgIpc) is 2.77. The molecule has 28 heavy (non-hydrogen) atoms. The number of aliphatic hydroxyl groups excluding tert-OH is 1. The second-order valence-corrected chi connectivity index (χ2v) is 6.98. The van der Waals surface area contributed by atoms with Crippen LogP contribution in [0.5, 0.6) is 5.88 Å². The first-order chi connectivity index (χ1) is 13.8. The largest absolute Gasteiger partial charge is 0.481 e. The molecule has 0 spiro atoms. The number of rotatable bonds is 6. The molecule has 4 rings (SSSR count). The van der Waals surface area contributed by atoms with Crippen LogP contribution in [0.2, 0.25) is 0 Å². The standard InChI is InChI=1S/C21H25N5O2/c1-28-21-10-15(17-7-2-3-8-18(17)25-21)12-22-19-11-20(24-14-23-19)26-9-5-4-6-16(26)13-27/h2-3,7-8,10-11,14,16,27H,4-6,9,12-13H2,1H3,(H,22,23,24). The topological polar surface area (TPSA) is 83.4 Å².